The lowest BCUT2D eigenvalue weighted by molar-refractivity contribution is -0.0861. The van der Waals surface area contributed by atoms with Gasteiger partial charge >= 0.3 is 0 Å². The molecule has 3 atom stereocenters. The lowest BCUT2D eigenvalue weighted by Gasteiger charge is -2.47. The number of rotatable bonds is 8. The van der Waals surface area contributed by atoms with E-state index in [-0.39, 0.29) is 18.2 Å². The van der Waals surface area contributed by atoms with Gasteiger partial charge in [-0.25, -0.2) is 0 Å². The van der Waals surface area contributed by atoms with Crippen LogP contribution >= 0.6 is 0 Å². The monoisotopic (exact) mass is 409 g/mol. The molecule has 0 aromatic heterocycles. The Bertz CT molecular complexity index is 823. The molecule has 2 aliphatic heterocycles. The number of ether oxygens (including phenoxy) is 3. The molecule has 0 spiro atoms. The van der Waals surface area contributed by atoms with Crippen molar-refractivity contribution in [2.45, 2.75) is 63.7 Å². The van der Waals surface area contributed by atoms with Crippen LogP contribution in [0.25, 0.3) is 0 Å². The molecule has 0 radical (unpaired) electrons. The van der Waals surface area contributed by atoms with E-state index in [1.165, 1.54) is 48.8 Å². The van der Waals surface area contributed by atoms with Gasteiger partial charge in [0.2, 0.25) is 0 Å². The van der Waals surface area contributed by atoms with Gasteiger partial charge in [-0.15, -0.1) is 0 Å². The van der Waals surface area contributed by atoms with Gasteiger partial charge in [-0.2, -0.15) is 0 Å². The van der Waals surface area contributed by atoms with Crippen LogP contribution in [0.5, 0.6) is 11.5 Å². The number of piperidine rings is 1. The summed E-state index contributed by atoms with van der Waals surface area (Å²) in [7, 11) is 3.42. The van der Waals surface area contributed by atoms with E-state index in [0.29, 0.717) is 0 Å². The van der Waals surface area contributed by atoms with Crippen molar-refractivity contribution in [3.63, 3.8) is 0 Å². The number of likely N-dealkylation sites (tertiary alicyclic amines) is 1. The molecule has 2 aromatic carbocycles. The first-order valence-electron chi connectivity index (χ1n) is 11.5. The Kier molecular flexibility index (Phi) is 6.96. The van der Waals surface area contributed by atoms with E-state index >= 15 is 0 Å². The van der Waals surface area contributed by atoms with E-state index in [9.17, 15) is 0 Å². The average Bonchev–Trinajstić information content (AvgIpc) is 2.80. The van der Waals surface area contributed by atoms with Gasteiger partial charge < -0.3 is 14.2 Å². The van der Waals surface area contributed by atoms with Crippen molar-refractivity contribution in [1.29, 1.82) is 0 Å². The Morgan fingerprint density at radius 3 is 2.40 bits per heavy atom. The van der Waals surface area contributed by atoms with Crippen LogP contribution in [-0.2, 0) is 4.74 Å². The van der Waals surface area contributed by atoms with Gasteiger partial charge in [0.25, 0.3) is 0 Å². The molecule has 0 N–H and O–H groups in total. The summed E-state index contributed by atoms with van der Waals surface area (Å²) in [6, 6.07) is 15.2. The smallest absolute Gasteiger partial charge is 0.161 e. The maximum Gasteiger partial charge on any atom is 0.161 e. The van der Waals surface area contributed by atoms with Gasteiger partial charge in [0.1, 0.15) is 6.10 Å². The summed E-state index contributed by atoms with van der Waals surface area (Å²) < 4.78 is 18.1. The molecule has 0 bridgehead atoms. The maximum absolute atomic E-state index is 6.80. The van der Waals surface area contributed by atoms with Crippen LogP contribution in [0.4, 0.5) is 0 Å². The lowest BCUT2D eigenvalue weighted by Crippen LogP contribution is -2.46. The van der Waals surface area contributed by atoms with Crippen LogP contribution in [0.3, 0.4) is 0 Å². The molecule has 4 rings (SSSR count). The average molecular weight is 410 g/mol. The number of methoxy groups -OCH3 is 2. The number of hydrogen-bond donors (Lipinski definition) is 0. The van der Waals surface area contributed by atoms with Crippen LogP contribution in [0.1, 0.15) is 74.3 Å². The summed E-state index contributed by atoms with van der Waals surface area (Å²) in [6.07, 6.45) is 7.58. The quantitative estimate of drug-likeness (QED) is 0.507. The van der Waals surface area contributed by atoms with Crippen molar-refractivity contribution in [3.8, 4) is 11.5 Å². The number of hydrogen-bond acceptors (Lipinski definition) is 4. The van der Waals surface area contributed by atoms with E-state index in [1.54, 1.807) is 14.2 Å². The van der Waals surface area contributed by atoms with Crippen molar-refractivity contribution in [2.24, 2.45) is 0 Å². The molecule has 1 fully saturated rings. The molecule has 0 saturated carbocycles. The van der Waals surface area contributed by atoms with Crippen LogP contribution in [0.2, 0.25) is 0 Å². The first kappa shape index (κ1) is 21.2. The highest BCUT2D eigenvalue weighted by atomic mass is 16.5. The zero-order valence-corrected chi connectivity index (χ0v) is 18.6. The van der Waals surface area contributed by atoms with Gasteiger partial charge in [0.15, 0.2) is 11.5 Å². The van der Waals surface area contributed by atoms with Crippen molar-refractivity contribution < 1.29 is 14.2 Å². The van der Waals surface area contributed by atoms with Crippen LogP contribution in [0.15, 0.2) is 42.5 Å². The third-order valence-electron chi connectivity index (χ3n) is 6.58. The summed E-state index contributed by atoms with van der Waals surface area (Å²) >= 11 is 0. The highest BCUT2D eigenvalue weighted by Crippen LogP contribution is 2.49. The summed E-state index contributed by atoms with van der Waals surface area (Å²) in [5.41, 5.74) is 3.75. The zero-order valence-electron chi connectivity index (χ0n) is 18.6. The first-order chi connectivity index (χ1) is 14.8. The highest BCUT2D eigenvalue weighted by Gasteiger charge is 2.42. The standard InChI is InChI=1S/C26H35NO3/c1-4-5-6-10-15-27-16-11-14-22-25(27)20-17-23(28-2)24(29-3)18-21(20)26(30-22)19-12-8-7-9-13-19/h7-9,12-13,17-18,22,25-26H,4-6,10-11,14-16H2,1-3H3/t22-,25-,26?/m1/s1. The fraction of sp³-hybridized carbons (Fsp3) is 0.538. The summed E-state index contributed by atoms with van der Waals surface area (Å²) in [5.74, 6) is 1.57. The molecular formula is C26H35NO3. The third kappa shape index (κ3) is 4.21. The Morgan fingerprint density at radius 2 is 1.70 bits per heavy atom. The zero-order chi connectivity index (χ0) is 20.9. The maximum atomic E-state index is 6.80. The van der Waals surface area contributed by atoms with Gasteiger partial charge in [-0.3, -0.25) is 4.90 Å². The van der Waals surface area contributed by atoms with E-state index in [2.05, 4.69) is 54.3 Å². The Morgan fingerprint density at radius 1 is 0.967 bits per heavy atom. The fourth-order valence-electron chi connectivity index (χ4n) is 5.09. The molecule has 4 heteroatoms. The van der Waals surface area contributed by atoms with Gasteiger partial charge in [-0.05, 0) is 61.2 Å². The van der Waals surface area contributed by atoms with Gasteiger partial charge in [0, 0.05) is 0 Å². The molecule has 0 aliphatic carbocycles. The van der Waals surface area contributed by atoms with Crippen molar-refractivity contribution in [1.82, 2.24) is 4.90 Å². The molecular weight excluding hydrogens is 374 g/mol. The molecule has 2 aromatic rings. The number of benzene rings is 2. The van der Waals surface area contributed by atoms with E-state index < -0.39 is 0 Å². The predicted molar refractivity (Wildman–Crippen MR) is 120 cm³/mol. The summed E-state index contributed by atoms with van der Waals surface area (Å²) in [5, 5.41) is 0. The van der Waals surface area contributed by atoms with E-state index in [4.69, 9.17) is 14.2 Å². The molecule has 1 saturated heterocycles. The molecule has 1 unspecified atom stereocenters. The van der Waals surface area contributed by atoms with E-state index in [1.807, 2.05) is 0 Å². The number of fused-ring (bicyclic) bond motifs is 3. The predicted octanol–water partition coefficient (Wildman–Crippen LogP) is 5.91. The van der Waals surface area contributed by atoms with Crippen LogP contribution in [0, 0.1) is 0 Å². The van der Waals surface area contributed by atoms with Crippen LogP contribution < -0.4 is 9.47 Å². The highest BCUT2D eigenvalue weighted by molar-refractivity contribution is 5.52. The second-order valence-corrected chi connectivity index (χ2v) is 8.49. The SMILES string of the molecule is CCCCCCN1CCC[C@H]2OC(c3ccccc3)c3cc(OC)c(OC)cc3[C@H]21. The first-order valence-corrected chi connectivity index (χ1v) is 11.5. The molecule has 2 heterocycles. The number of nitrogens with zero attached hydrogens (tertiary/aromatic N) is 1. The largest absolute Gasteiger partial charge is 0.493 e. The van der Waals surface area contributed by atoms with Crippen molar-refractivity contribution in [2.75, 3.05) is 27.3 Å². The normalized spacial score (nSPS) is 23.5. The minimum atomic E-state index is -0.0673. The molecule has 2 aliphatic rings. The summed E-state index contributed by atoms with van der Waals surface area (Å²) in [4.78, 5) is 2.65. The minimum Gasteiger partial charge on any atom is -0.493 e. The fourth-order valence-corrected chi connectivity index (χ4v) is 5.09. The second kappa shape index (κ2) is 9.84. The second-order valence-electron chi connectivity index (χ2n) is 8.49. The molecule has 0 amide bonds. The Balaban J connectivity index is 1.73. The van der Waals surface area contributed by atoms with Gasteiger partial charge in [0.05, 0.1) is 26.4 Å². The van der Waals surface area contributed by atoms with Gasteiger partial charge in [-0.1, -0.05) is 56.5 Å². The number of unbranched alkanes of at least 4 members (excludes halogenated alkanes) is 3. The molecule has 162 valence electrons. The Hall–Kier alpha value is -2.04. The minimum absolute atomic E-state index is 0.0673. The van der Waals surface area contributed by atoms with Crippen molar-refractivity contribution >= 4 is 0 Å². The topological polar surface area (TPSA) is 30.9 Å². The molecule has 30 heavy (non-hydrogen) atoms. The lowest BCUT2D eigenvalue weighted by atomic mass is 9.82. The molecule has 4 nitrogen and oxygen atoms in total. The Labute approximate surface area is 181 Å². The third-order valence-corrected chi connectivity index (χ3v) is 6.58. The van der Waals surface area contributed by atoms with E-state index in [0.717, 1.165) is 31.0 Å². The summed E-state index contributed by atoms with van der Waals surface area (Å²) in [6.45, 7) is 4.54. The van der Waals surface area contributed by atoms with Crippen LogP contribution in [-0.4, -0.2) is 38.3 Å². The van der Waals surface area contributed by atoms with Crippen molar-refractivity contribution in [3.05, 3.63) is 59.2 Å².